The molecule has 4 rings (SSSR count). The van der Waals surface area contributed by atoms with E-state index in [4.69, 9.17) is 4.74 Å². The number of benzene rings is 1. The van der Waals surface area contributed by atoms with Gasteiger partial charge in [-0.2, -0.15) is 0 Å². The van der Waals surface area contributed by atoms with Crippen LogP contribution in [0.2, 0.25) is 0 Å². The monoisotopic (exact) mass is 398 g/mol. The van der Waals surface area contributed by atoms with E-state index in [0.717, 1.165) is 24.8 Å². The van der Waals surface area contributed by atoms with Crippen molar-refractivity contribution >= 4 is 23.7 Å². The number of amides is 3. The zero-order valence-electron chi connectivity index (χ0n) is 16.5. The van der Waals surface area contributed by atoms with Crippen LogP contribution in [-0.4, -0.2) is 41.7 Å². The van der Waals surface area contributed by atoms with Crippen molar-refractivity contribution in [1.82, 2.24) is 10.2 Å². The third kappa shape index (κ3) is 3.78. The fraction of sp³-hybridized carbons (Fsp3) is 0.545. The van der Waals surface area contributed by atoms with E-state index in [1.165, 1.54) is 4.90 Å². The number of likely N-dealkylation sites (tertiary alicyclic amines) is 1. The summed E-state index contributed by atoms with van der Waals surface area (Å²) < 4.78 is 5.02. The van der Waals surface area contributed by atoms with Crippen LogP contribution in [0.15, 0.2) is 30.3 Å². The standard InChI is InChI=1S/C22H26N2O5/c1-13(14-5-3-2-4-6-14)23-17(25)12-29-18(26)9-10-24-21(27)19-15-7-8-16(11-15)20(19)22(24)28/h2-6,13,15-16,19-20H,7-12H2,1H3,(H,23,25)/t13-,15-,16+,19-,20+/m1/s1. The van der Waals surface area contributed by atoms with Crippen LogP contribution in [0, 0.1) is 23.7 Å². The molecule has 7 heteroatoms. The molecule has 1 saturated heterocycles. The molecule has 3 amide bonds. The molecule has 7 nitrogen and oxygen atoms in total. The summed E-state index contributed by atoms with van der Waals surface area (Å²) in [4.78, 5) is 50.5. The molecule has 0 spiro atoms. The third-order valence-corrected chi connectivity index (χ3v) is 6.60. The van der Waals surface area contributed by atoms with Crippen molar-refractivity contribution in [2.45, 2.75) is 38.6 Å². The first-order valence-corrected chi connectivity index (χ1v) is 10.3. The fourth-order valence-corrected chi connectivity index (χ4v) is 5.22. The highest BCUT2D eigenvalue weighted by molar-refractivity contribution is 6.06. The first-order chi connectivity index (χ1) is 14.0. The fourth-order valence-electron chi connectivity index (χ4n) is 5.22. The van der Waals surface area contributed by atoms with Gasteiger partial charge in [-0.3, -0.25) is 24.1 Å². The van der Waals surface area contributed by atoms with Gasteiger partial charge in [-0.05, 0) is 43.6 Å². The van der Waals surface area contributed by atoms with Crippen LogP contribution in [0.1, 0.15) is 44.2 Å². The average Bonchev–Trinajstić information content (AvgIpc) is 3.40. The van der Waals surface area contributed by atoms with Crippen molar-refractivity contribution in [2.24, 2.45) is 23.7 Å². The summed E-state index contributed by atoms with van der Waals surface area (Å²) in [6.45, 7) is 1.50. The number of ether oxygens (including phenoxy) is 1. The minimum atomic E-state index is -0.590. The van der Waals surface area contributed by atoms with Gasteiger partial charge in [0, 0.05) is 6.54 Å². The lowest BCUT2D eigenvalue weighted by atomic mass is 9.81. The molecule has 1 aliphatic heterocycles. The molecular weight excluding hydrogens is 372 g/mol. The van der Waals surface area contributed by atoms with Crippen molar-refractivity contribution in [3.05, 3.63) is 35.9 Å². The number of fused-ring (bicyclic) bond motifs is 5. The normalized spacial score (nSPS) is 28.4. The molecule has 154 valence electrons. The summed E-state index contributed by atoms with van der Waals surface area (Å²) in [7, 11) is 0. The van der Waals surface area contributed by atoms with Gasteiger partial charge < -0.3 is 10.1 Å². The van der Waals surface area contributed by atoms with Gasteiger partial charge in [0.05, 0.1) is 24.3 Å². The molecular formula is C22H26N2O5. The molecule has 2 saturated carbocycles. The third-order valence-electron chi connectivity index (χ3n) is 6.60. The average molecular weight is 398 g/mol. The molecule has 29 heavy (non-hydrogen) atoms. The number of carbonyl (C=O) groups excluding carboxylic acids is 4. The van der Waals surface area contributed by atoms with E-state index in [2.05, 4.69) is 5.32 Å². The van der Waals surface area contributed by atoms with Crippen LogP contribution in [0.3, 0.4) is 0 Å². The predicted molar refractivity (Wildman–Crippen MR) is 103 cm³/mol. The van der Waals surface area contributed by atoms with E-state index in [9.17, 15) is 19.2 Å². The number of hydrogen-bond acceptors (Lipinski definition) is 5. The second-order valence-corrected chi connectivity index (χ2v) is 8.32. The minimum Gasteiger partial charge on any atom is -0.456 e. The molecule has 1 heterocycles. The number of carbonyl (C=O) groups is 4. The van der Waals surface area contributed by atoms with Gasteiger partial charge in [0.15, 0.2) is 6.61 Å². The van der Waals surface area contributed by atoms with Crippen molar-refractivity contribution in [3.8, 4) is 0 Å². The van der Waals surface area contributed by atoms with Crippen molar-refractivity contribution < 1.29 is 23.9 Å². The molecule has 3 aliphatic rings. The lowest BCUT2D eigenvalue weighted by Gasteiger charge is -2.19. The number of nitrogens with zero attached hydrogens (tertiary/aromatic N) is 1. The summed E-state index contributed by atoms with van der Waals surface area (Å²) in [5.41, 5.74) is 0.956. The van der Waals surface area contributed by atoms with Crippen molar-refractivity contribution in [2.75, 3.05) is 13.2 Å². The Hall–Kier alpha value is -2.70. The lowest BCUT2D eigenvalue weighted by molar-refractivity contribution is -0.150. The molecule has 1 N–H and O–H groups in total. The van der Waals surface area contributed by atoms with Crippen LogP contribution < -0.4 is 5.32 Å². The van der Waals surface area contributed by atoms with Gasteiger partial charge in [0.1, 0.15) is 0 Å². The number of rotatable bonds is 7. The second-order valence-electron chi connectivity index (χ2n) is 8.32. The number of nitrogens with one attached hydrogen (secondary N) is 1. The van der Waals surface area contributed by atoms with E-state index in [0.29, 0.717) is 11.8 Å². The molecule has 5 atom stereocenters. The van der Waals surface area contributed by atoms with Crippen LogP contribution in [0.4, 0.5) is 0 Å². The van der Waals surface area contributed by atoms with Gasteiger partial charge in [-0.15, -0.1) is 0 Å². The number of esters is 1. The van der Waals surface area contributed by atoms with Crippen LogP contribution in [0.5, 0.6) is 0 Å². The lowest BCUT2D eigenvalue weighted by Crippen LogP contribution is -2.35. The highest BCUT2D eigenvalue weighted by atomic mass is 16.5. The summed E-state index contributed by atoms with van der Waals surface area (Å²) in [6.07, 6.45) is 2.95. The maximum Gasteiger partial charge on any atom is 0.308 e. The van der Waals surface area contributed by atoms with E-state index in [-0.39, 0.29) is 49.3 Å². The molecule has 3 fully saturated rings. The van der Waals surface area contributed by atoms with Crippen LogP contribution in [-0.2, 0) is 23.9 Å². The number of hydrogen-bond donors (Lipinski definition) is 1. The quantitative estimate of drug-likeness (QED) is 0.559. The Morgan fingerprint density at radius 3 is 2.34 bits per heavy atom. The first kappa shape index (κ1) is 19.6. The SMILES string of the molecule is C[C@@H](NC(=O)COC(=O)CCN1C(=O)[C@@H]2[C@@H]3CC[C@@H](C3)[C@@H]2C1=O)c1ccccc1. The van der Waals surface area contributed by atoms with Crippen molar-refractivity contribution in [1.29, 1.82) is 0 Å². The maximum absolute atomic E-state index is 12.6. The topological polar surface area (TPSA) is 92.8 Å². The Labute approximate surface area is 169 Å². The molecule has 0 radical (unpaired) electrons. The Balaban J connectivity index is 1.21. The van der Waals surface area contributed by atoms with Crippen molar-refractivity contribution in [3.63, 3.8) is 0 Å². The molecule has 0 unspecified atom stereocenters. The Kier molecular flexibility index (Phi) is 5.39. The highest BCUT2D eigenvalue weighted by Crippen LogP contribution is 2.56. The predicted octanol–water partition coefficient (Wildman–Crippen LogP) is 1.83. The Bertz CT molecular complexity index is 796. The van der Waals surface area contributed by atoms with E-state index in [1.54, 1.807) is 0 Å². The Morgan fingerprint density at radius 1 is 1.10 bits per heavy atom. The molecule has 2 bridgehead atoms. The molecule has 1 aromatic carbocycles. The largest absolute Gasteiger partial charge is 0.456 e. The minimum absolute atomic E-state index is 0.0327. The zero-order chi connectivity index (χ0) is 20.5. The number of imide groups is 1. The van der Waals surface area contributed by atoms with Gasteiger partial charge in [-0.1, -0.05) is 30.3 Å². The van der Waals surface area contributed by atoms with E-state index < -0.39 is 11.9 Å². The first-order valence-electron chi connectivity index (χ1n) is 10.3. The Morgan fingerprint density at radius 2 is 1.72 bits per heavy atom. The van der Waals surface area contributed by atoms with E-state index >= 15 is 0 Å². The smallest absolute Gasteiger partial charge is 0.308 e. The summed E-state index contributed by atoms with van der Waals surface area (Å²) in [6, 6.07) is 9.28. The second kappa shape index (κ2) is 7.97. The molecule has 2 aliphatic carbocycles. The van der Waals surface area contributed by atoms with Crippen LogP contribution >= 0.6 is 0 Å². The van der Waals surface area contributed by atoms with Gasteiger partial charge in [-0.25, -0.2) is 0 Å². The molecule has 1 aromatic rings. The summed E-state index contributed by atoms with van der Waals surface area (Å²) >= 11 is 0. The zero-order valence-corrected chi connectivity index (χ0v) is 16.5. The summed E-state index contributed by atoms with van der Waals surface area (Å²) in [5, 5.41) is 2.77. The summed E-state index contributed by atoms with van der Waals surface area (Å²) in [5.74, 6) is -0.946. The van der Waals surface area contributed by atoms with E-state index in [1.807, 2.05) is 37.3 Å². The van der Waals surface area contributed by atoms with Gasteiger partial charge in [0.2, 0.25) is 11.8 Å². The highest BCUT2D eigenvalue weighted by Gasteiger charge is 2.60. The molecule has 0 aromatic heterocycles. The van der Waals surface area contributed by atoms with Gasteiger partial charge >= 0.3 is 5.97 Å². The maximum atomic E-state index is 12.6. The van der Waals surface area contributed by atoms with Gasteiger partial charge in [0.25, 0.3) is 5.91 Å². The van der Waals surface area contributed by atoms with Crippen LogP contribution in [0.25, 0.3) is 0 Å².